The van der Waals surface area contributed by atoms with Crippen molar-refractivity contribution in [2.75, 3.05) is 45.8 Å². The maximum atomic E-state index is 5.54. The van der Waals surface area contributed by atoms with E-state index in [-0.39, 0.29) is 0 Å². The van der Waals surface area contributed by atoms with Crippen molar-refractivity contribution in [2.24, 2.45) is 5.92 Å². The molecular weight excluding hydrogens is 228 g/mol. The summed E-state index contributed by atoms with van der Waals surface area (Å²) in [4.78, 5) is 2.26. The molecule has 1 heterocycles. The lowest BCUT2D eigenvalue weighted by molar-refractivity contribution is 0.350. The number of anilines is 1. The second kappa shape index (κ2) is 5.48. The van der Waals surface area contributed by atoms with Gasteiger partial charge in [0.15, 0.2) is 0 Å². The Morgan fingerprint density at radius 2 is 2.00 bits per heavy atom. The van der Waals surface area contributed by atoms with Crippen LogP contribution in [-0.2, 0) is 0 Å². The first-order chi connectivity index (χ1) is 8.67. The highest BCUT2D eigenvalue weighted by atomic mass is 16.5. The Morgan fingerprint density at radius 1 is 1.28 bits per heavy atom. The Balaban J connectivity index is 2.22. The van der Waals surface area contributed by atoms with Crippen LogP contribution in [0.4, 0.5) is 5.69 Å². The van der Waals surface area contributed by atoms with Crippen LogP contribution >= 0.6 is 0 Å². The molecule has 0 aromatic heterocycles. The zero-order valence-corrected chi connectivity index (χ0v) is 11.6. The van der Waals surface area contributed by atoms with E-state index in [2.05, 4.69) is 23.3 Å². The van der Waals surface area contributed by atoms with Gasteiger partial charge < -0.3 is 19.7 Å². The van der Waals surface area contributed by atoms with Crippen molar-refractivity contribution in [2.45, 2.75) is 6.92 Å². The van der Waals surface area contributed by atoms with E-state index in [4.69, 9.17) is 9.47 Å². The molecule has 4 heteroatoms. The third kappa shape index (κ3) is 2.38. The summed E-state index contributed by atoms with van der Waals surface area (Å²) in [6.07, 6.45) is 0. The van der Waals surface area contributed by atoms with E-state index in [9.17, 15) is 0 Å². The van der Waals surface area contributed by atoms with Crippen molar-refractivity contribution in [3.05, 3.63) is 17.7 Å². The average Bonchev–Trinajstić information content (AvgIpc) is 2.33. The van der Waals surface area contributed by atoms with Gasteiger partial charge in [0.1, 0.15) is 11.5 Å². The van der Waals surface area contributed by atoms with E-state index in [0.29, 0.717) is 0 Å². The molecule has 0 saturated carbocycles. The first-order valence-electron chi connectivity index (χ1n) is 6.30. The summed E-state index contributed by atoms with van der Waals surface area (Å²) in [7, 11) is 5.51. The van der Waals surface area contributed by atoms with Gasteiger partial charge in [-0.3, -0.25) is 0 Å². The van der Waals surface area contributed by atoms with Gasteiger partial charge in [0, 0.05) is 38.2 Å². The molecule has 0 atom stereocenters. The predicted octanol–water partition coefficient (Wildman–Crippen LogP) is 1.67. The highest BCUT2D eigenvalue weighted by Crippen LogP contribution is 2.37. The number of methoxy groups -OCH3 is 2. The van der Waals surface area contributed by atoms with Crippen LogP contribution in [0.3, 0.4) is 0 Å². The number of hydrogen-bond acceptors (Lipinski definition) is 4. The summed E-state index contributed by atoms with van der Waals surface area (Å²) in [6.45, 7) is 5.30. The molecule has 18 heavy (non-hydrogen) atoms. The summed E-state index contributed by atoms with van der Waals surface area (Å²) in [5.41, 5.74) is 2.18. The average molecular weight is 250 g/mol. The zero-order valence-electron chi connectivity index (χ0n) is 11.6. The topological polar surface area (TPSA) is 33.7 Å². The molecule has 4 nitrogen and oxygen atoms in total. The quantitative estimate of drug-likeness (QED) is 0.862. The molecule has 1 aromatic rings. The molecule has 0 aliphatic carbocycles. The molecule has 0 spiro atoms. The summed E-state index contributed by atoms with van der Waals surface area (Å²) >= 11 is 0. The van der Waals surface area contributed by atoms with Gasteiger partial charge >= 0.3 is 0 Å². The second-order valence-electron chi connectivity index (χ2n) is 4.85. The van der Waals surface area contributed by atoms with E-state index < -0.39 is 0 Å². The van der Waals surface area contributed by atoms with E-state index in [1.807, 2.05) is 13.0 Å². The van der Waals surface area contributed by atoms with E-state index in [0.717, 1.165) is 48.3 Å². The Labute approximate surface area is 109 Å². The first-order valence-corrected chi connectivity index (χ1v) is 6.30. The van der Waals surface area contributed by atoms with Crippen LogP contribution in [0.1, 0.15) is 5.56 Å². The van der Waals surface area contributed by atoms with Crippen LogP contribution < -0.4 is 19.7 Å². The van der Waals surface area contributed by atoms with Crippen molar-refractivity contribution in [3.63, 3.8) is 0 Å². The molecule has 0 radical (unpaired) electrons. The maximum Gasteiger partial charge on any atom is 0.148 e. The summed E-state index contributed by atoms with van der Waals surface area (Å²) in [6, 6.07) is 4.07. The SMILES string of the molecule is COc1ccc(N(C)CC2CNC2)c(OC)c1C. The van der Waals surface area contributed by atoms with Crippen LogP contribution in [0.25, 0.3) is 0 Å². The fraction of sp³-hybridized carbons (Fsp3) is 0.571. The van der Waals surface area contributed by atoms with Gasteiger partial charge in [-0.25, -0.2) is 0 Å². The molecule has 1 aromatic carbocycles. The molecule has 1 aliphatic heterocycles. The summed E-state index contributed by atoms with van der Waals surface area (Å²) < 4.78 is 10.9. The molecule has 0 bridgehead atoms. The number of nitrogens with one attached hydrogen (secondary N) is 1. The van der Waals surface area contributed by atoms with E-state index >= 15 is 0 Å². The largest absolute Gasteiger partial charge is 0.496 e. The monoisotopic (exact) mass is 250 g/mol. The third-order valence-electron chi connectivity index (χ3n) is 3.57. The van der Waals surface area contributed by atoms with Crippen LogP contribution in [0.2, 0.25) is 0 Å². The molecule has 2 rings (SSSR count). The molecule has 0 amide bonds. The zero-order chi connectivity index (χ0) is 13.1. The smallest absolute Gasteiger partial charge is 0.148 e. The van der Waals surface area contributed by atoms with Crippen LogP contribution in [0.5, 0.6) is 11.5 Å². The minimum absolute atomic E-state index is 0.738. The Kier molecular flexibility index (Phi) is 3.97. The van der Waals surface area contributed by atoms with Crippen molar-refractivity contribution >= 4 is 5.69 Å². The van der Waals surface area contributed by atoms with Gasteiger partial charge in [0.2, 0.25) is 0 Å². The molecule has 0 unspecified atom stereocenters. The third-order valence-corrected chi connectivity index (χ3v) is 3.57. The van der Waals surface area contributed by atoms with Crippen molar-refractivity contribution < 1.29 is 9.47 Å². The van der Waals surface area contributed by atoms with Crippen molar-refractivity contribution in [1.29, 1.82) is 0 Å². The summed E-state index contributed by atoms with van der Waals surface area (Å²) in [5, 5.41) is 3.30. The number of ether oxygens (including phenoxy) is 2. The lowest BCUT2D eigenvalue weighted by atomic mass is 10.0. The molecular formula is C14H22N2O2. The number of hydrogen-bond donors (Lipinski definition) is 1. The molecule has 1 aliphatic rings. The normalized spacial score (nSPS) is 15.1. The van der Waals surface area contributed by atoms with Gasteiger partial charge in [-0.15, -0.1) is 0 Å². The maximum absolute atomic E-state index is 5.54. The molecule has 1 saturated heterocycles. The highest BCUT2D eigenvalue weighted by Gasteiger charge is 2.21. The molecule has 1 N–H and O–H groups in total. The lowest BCUT2D eigenvalue weighted by Crippen LogP contribution is -2.47. The minimum Gasteiger partial charge on any atom is -0.496 e. The Morgan fingerprint density at radius 3 is 2.50 bits per heavy atom. The number of benzene rings is 1. The standard InChI is InChI=1S/C14H22N2O2/c1-10-13(17-3)6-5-12(14(10)18-4)16(2)9-11-7-15-8-11/h5-6,11,15H,7-9H2,1-4H3. The van der Waals surface area contributed by atoms with Gasteiger partial charge in [0.05, 0.1) is 19.9 Å². The number of nitrogens with zero attached hydrogens (tertiary/aromatic N) is 1. The first kappa shape index (κ1) is 13.0. The van der Waals surface area contributed by atoms with E-state index in [1.54, 1.807) is 14.2 Å². The van der Waals surface area contributed by atoms with Crippen molar-refractivity contribution in [3.8, 4) is 11.5 Å². The fourth-order valence-electron chi connectivity index (χ4n) is 2.40. The van der Waals surface area contributed by atoms with Crippen molar-refractivity contribution in [1.82, 2.24) is 5.32 Å². The van der Waals surface area contributed by atoms with Gasteiger partial charge in [0.25, 0.3) is 0 Å². The van der Waals surface area contributed by atoms with E-state index in [1.165, 1.54) is 0 Å². The number of rotatable bonds is 5. The van der Waals surface area contributed by atoms with Gasteiger partial charge in [-0.05, 0) is 19.1 Å². The Hall–Kier alpha value is -1.42. The summed E-state index contributed by atoms with van der Waals surface area (Å²) in [5.74, 6) is 2.51. The predicted molar refractivity (Wildman–Crippen MR) is 73.9 cm³/mol. The van der Waals surface area contributed by atoms with Gasteiger partial charge in [-0.2, -0.15) is 0 Å². The van der Waals surface area contributed by atoms with Gasteiger partial charge in [-0.1, -0.05) is 0 Å². The Bertz CT molecular complexity index is 417. The highest BCUT2D eigenvalue weighted by molar-refractivity contribution is 5.65. The van der Waals surface area contributed by atoms with Crippen LogP contribution in [-0.4, -0.2) is 40.9 Å². The molecule has 1 fully saturated rings. The second-order valence-corrected chi connectivity index (χ2v) is 4.85. The minimum atomic E-state index is 0.738. The molecule has 100 valence electrons. The fourth-order valence-corrected chi connectivity index (χ4v) is 2.40. The van der Waals surface area contributed by atoms with Crippen LogP contribution in [0.15, 0.2) is 12.1 Å². The lowest BCUT2D eigenvalue weighted by Gasteiger charge is -2.33. The van der Waals surface area contributed by atoms with Crippen LogP contribution in [0, 0.1) is 12.8 Å².